The minimum atomic E-state index is 0.386. The number of nitrogens with zero attached hydrogens (tertiary/aromatic N) is 3. The third-order valence-electron chi connectivity index (χ3n) is 2.57. The van der Waals surface area contributed by atoms with Crippen LogP contribution in [0.15, 0.2) is 17.5 Å². The van der Waals surface area contributed by atoms with Crippen LogP contribution in [0.3, 0.4) is 0 Å². The highest BCUT2D eigenvalue weighted by molar-refractivity contribution is 7.10. The number of anilines is 2. The van der Waals surface area contributed by atoms with Gasteiger partial charge in [0, 0.05) is 22.5 Å². The molecular weight excluding hydrogens is 240 g/mol. The quantitative estimate of drug-likeness (QED) is 0.907. The Morgan fingerprint density at radius 3 is 2.94 bits per heavy atom. The Labute approximate surface area is 102 Å². The second kappa shape index (κ2) is 4.03. The Hall–Kier alpha value is -1.14. The van der Waals surface area contributed by atoms with E-state index in [0.717, 1.165) is 11.7 Å². The van der Waals surface area contributed by atoms with E-state index in [1.807, 2.05) is 0 Å². The van der Waals surface area contributed by atoms with Gasteiger partial charge in [-0.25, -0.2) is 0 Å². The molecule has 0 aromatic carbocycles. The minimum absolute atomic E-state index is 0.386. The van der Waals surface area contributed by atoms with E-state index in [1.54, 1.807) is 11.3 Å². The number of nitrogens with two attached hydrogens (primary N) is 1. The summed E-state index contributed by atoms with van der Waals surface area (Å²) in [6, 6.07) is 4.87. The summed E-state index contributed by atoms with van der Waals surface area (Å²) in [6.07, 6.45) is 2.51. The van der Waals surface area contributed by atoms with Crippen molar-refractivity contribution in [3.05, 3.63) is 22.4 Å². The molecule has 84 valence electrons. The average Bonchev–Trinajstić information content (AvgIpc) is 2.81. The molecule has 16 heavy (non-hydrogen) atoms. The van der Waals surface area contributed by atoms with Gasteiger partial charge in [0.05, 0.1) is 6.54 Å². The summed E-state index contributed by atoms with van der Waals surface area (Å²) in [5.41, 5.74) is 5.57. The second-order valence-electron chi connectivity index (χ2n) is 3.87. The third kappa shape index (κ3) is 2.03. The fourth-order valence-electron chi connectivity index (χ4n) is 1.65. The van der Waals surface area contributed by atoms with Crippen LogP contribution >= 0.6 is 22.9 Å². The first-order chi connectivity index (χ1) is 7.83. The maximum Gasteiger partial charge on any atom is 0.233 e. The zero-order chi connectivity index (χ0) is 11.0. The molecule has 0 radical (unpaired) electrons. The van der Waals surface area contributed by atoms with Crippen molar-refractivity contribution in [2.75, 3.05) is 10.6 Å². The fraction of sp³-hybridized carbons (Fsp3) is 0.400. The molecule has 1 aliphatic rings. The molecule has 0 amide bonds. The van der Waals surface area contributed by atoms with Crippen molar-refractivity contribution in [1.82, 2.24) is 9.36 Å². The molecule has 3 rings (SSSR count). The van der Waals surface area contributed by atoms with Crippen LogP contribution in [0.2, 0.25) is 0 Å². The lowest BCUT2D eigenvalue weighted by Gasteiger charge is -2.19. The first kappa shape index (κ1) is 10.0. The van der Waals surface area contributed by atoms with E-state index >= 15 is 0 Å². The van der Waals surface area contributed by atoms with E-state index in [4.69, 9.17) is 5.73 Å². The van der Waals surface area contributed by atoms with E-state index < -0.39 is 0 Å². The molecule has 4 nitrogen and oxygen atoms in total. The number of aromatic nitrogens is 2. The van der Waals surface area contributed by atoms with E-state index in [0.29, 0.717) is 12.0 Å². The highest BCUT2D eigenvalue weighted by Gasteiger charge is 2.31. The molecule has 0 saturated heterocycles. The van der Waals surface area contributed by atoms with Crippen LogP contribution in [0.25, 0.3) is 0 Å². The SMILES string of the molecule is Nc1nsc(N(Cc2cccs2)C2CC2)n1. The second-order valence-corrected chi connectivity index (χ2v) is 5.64. The van der Waals surface area contributed by atoms with Gasteiger partial charge in [0.25, 0.3) is 0 Å². The monoisotopic (exact) mass is 252 g/mol. The van der Waals surface area contributed by atoms with E-state index in [1.165, 1.54) is 29.3 Å². The van der Waals surface area contributed by atoms with Gasteiger partial charge < -0.3 is 10.6 Å². The van der Waals surface area contributed by atoms with Gasteiger partial charge in [0.1, 0.15) is 0 Å². The molecule has 2 aromatic heterocycles. The molecule has 6 heteroatoms. The Morgan fingerprint density at radius 1 is 1.50 bits per heavy atom. The molecule has 0 unspecified atom stereocenters. The van der Waals surface area contributed by atoms with Crippen molar-refractivity contribution in [2.45, 2.75) is 25.4 Å². The molecule has 2 heterocycles. The van der Waals surface area contributed by atoms with Crippen LogP contribution in [-0.4, -0.2) is 15.4 Å². The van der Waals surface area contributed by atoms with Crippen molar-refractivity contribution in [3.8, 4) is 0 Å². The lowest BCUT2D eigenvalue weighted by molar-refractivity contribution is 0.799. The molecule has 1 saturated carbocycles. The van der Waals surface area contributed by atoms with Crippen LogP contribution in [0.1, 0.15) is 17.7 Å². The van der Waals surface area contributed by atoms with Crippen LogP contribution in [0.4, 0.5) is 11.1 Å². The number of nitrogen functional groups attached to an aromatic ring is 1. The van der Waals surface area contributed by atoms with Gasteiger partial charge in [0.15, 0.2) is 0 Å². The van der Waals surface area contributed by atoms with Gasteiger partial charge in [-0.1, -0.05) is 6.07 Å². The van der Waals surface area contributed by atoms with Crippen LogP contribution in [-0.2, 0) is 6.54 Å². The lowest BCUT2D eigenvalue weighted by Crippen LogP contribution is -2.24. The summed E-state index contributed by atoms with van der Waals surface area (Å²) in [5.74, 6) is 0.386. The minimum Gasteiger partial charge on any atom is -0.367 e. The van der Waals surface area contributed by atoms with Gasteiger partial charge in [-0.2, -0.15) is 9.36 Å². The molecule has 0 aliphatic heterocycles. The number of hydrogen-bond donors (Lipinski definition) is 1. The van der Waals surface area contributed by atoms with E-state index in [-0.39, 0.29) is 0 Å². The fourth-order valence-corrected chi connectivity index (χ4v) is 3.02. The predicted octanol–water partition coefficient (Wildman–Crippen LogP) is 2.35. The van der Waals surface area contributed by atoms with Gasteiger partial charge in [-0.3, -0.25) is 0 Å². The maximum absolute atomic E-state index is 5.57. The Kier molecular flexibility index (Phi) is 2.53. The van der Waals surface area contributed by atoms with Crippen LogP contribution in [0, 0.1) is 0 Å². The molecule has 1 aliphatic carbocycles. The molecule has 0 atom stereocenters. The van der Waals surface area contributed by atoms with E-state index in [2.05, 4.69) is 31.8 Å². The topological polar surface area (TPSA) is 55.0 Å². The van der Waals surface area contributed by atoms with Crippen molar-refractivity contribution < 1.29 is 0 Å². The molecule has 2 aromatic rings. The smallest absolute Gasteiger partial charge is 0.233 e. The highest BCUT2D eigenvalue weighted by Crippen LogP contribution is 2.34. The Balaban J connectivity index is 1.81. The molecular formula is C10H12N4S2. The summed E-state index contributed by atoms with van der Waals surface area (Å²) in [5, 5.41) is 3.06. The summed E-state index contributed by atoms with van der Waals surface area (Å²) in [4.78, 5) is 7.95. The predicted molar refractivity (Wildman–Crippen MR) is 67.8 cm³/mol. The van der Waals surface area contributed by atoms with E-state index in [9.17, 15) is 0 Å². The summed E-state index contributed by atoms with van der Waals surface area (Å²) in [7, 11) is 0. The first-order valence-electron chi connectivity index (χ1n) is 5.21. The number of rotatable bonds is 4. The summed E-state index contributed by atoms with van der Waals surface area (Å²) in [6.45, 7) is 0.928. The van der Waals surface area contributed by atoms with Gasteiger partial charge in [-0.15, -0.1) is 11.3 Å². The van der Waals surface area contributed by atoms with Gasteiger partial charge in [-0.05, 0) is 24.3 Å². The normalized spacial score (nSPS) is 15.2. The van der Waals surface area contributed by atoms with Crippen LogP contribution < -0.4 is 10.6 Å². The zero-order valence-corrected chi connectivity index (χ0v) is 10.3. The number of hydrogen-bond acceptors (Lipinski definition) is 6. The standard InChI is InChI=1S/C10H12N4S2/c11-9-12-10(16-13-9)14(7-3-4-7)6-8-2-1-5-15-8/h1-2,5,7H,3-4,6H2,(H2,11,13). The summed E-state index contributed by atoms with van der Waals surface area (Å²) >= 11 is 3.17. The molecule has 0 bridgehead atoms. The zero-order valence-electron chi connectivity index (χ0n) is 8.67. The van der Waals surface area contributed by atoms with Gasteiger partial charge >= 0.3 is 0 Å². The largest absolute Gasteiger partial charge is 0.367 e. The van der Waals surface area contributed by atoms with Crippen molar-refractivity contribution in [3.63, 3.8) is 0 Å². The maximum atomic E-state index is 5.57. The van der Waals surface area contributed by atoms with Crippen LogP contribution in [0.5, 0.6) is 0 Å². The van der Waals surface area contributed by atoms with Crippen molar-refractivity contribution in [2.24, 2.45) is 0 Å². The molecule has 1 fully saturated rings. The van der Waals surface area contributed by atoms with Gasteiger partial charge in [0.2, 0.25) is 11.1 Å². The number of thiophene rings is 1. The highest BCUT2D eigenvalue weighted by atomic mass is 32.1. The summed E-state index contributed by atoms with van der Waals surface area (Å²) < 4.78 is 4.05. The Bertz CT molecular complexity index is 461. The third-order valence-corrected chi connectivity index (χ3v) is 4.20. The Morgan fingerprint density at radius 2 is 2.38 bits per heavy atom. The lowest BCUT2D eigenvalue weighted by atomic mass is 10.4. The molecule has 2 N–H and O–H groups in total. The first-order valence-corrected chi connectivity index (χ1v) is 6.86. The van der Waals surface area contributed by atoms with Crippen molar-refractivity contribution in [1.29, 1.82) is 0 Å². The molecule has 0 spiro atoms. The van der Waals surface area contributed by atoms with Crippen molar-refractivity contribution >= 4 is 33.9 Å². The average molecular weight is 252 g/mol.